The van der Waals surface area contributed by atoms with E-state index in [0.717, 1.165) is 20.8 Å². The van der Waals surface area contributed by atoms with Gasteiger partial charge in [0.15, 0.2) is 0 Å². The highest BCUT2D eigenvalue weighted by atomic mass is 79.9. The molecule has 6 nitrogen and oxygen atoms in total. The minimum Gasteiger partial charge on any atom is -0.352 e. The maximum absolute atomic E-state index is 12.1. The summed E-state index contributed by atoms with van der Waals surface area (Å²) in [5.74, 6) is 0.774. The van der Waals surface area contributed by atoms with E-state index in [9.17, 15) is 9.59 Å². The summed E-state index contributed by atoms with van der Waals surface area (Å²) >= 11 is 12.0. The van der Waals surface area contributed by atoms with Crippen molar-refractivity contribution >= 4 is 67.6 Å². The van der Waals surface area contributed by atoms with Crippen LogP contribution in [0.4, 0.5) is 5.13 Å². The van der Waals surface area contributed by atoms with E-state index in [1.807, 2.05) is 36.4 Å². The average molecular weight is 526 g/mol. The zero-order valence-electron chi connectivity index (χ0n) is 15.7. The van der Waals surface area contributed by atoms with Crippen molar-refractivity contribution in [2.24, 2.45) is 0 Å². The Kier molecular flexibility index (Phi) is 8.68. The van der Waals surface area contributed by atoms with Crippen molar-refractivity contribution in [2.75, 3.05) is 17.6 Å². The third-order valence-corrected chi connectivity index (χ3v) is 6.49. The largest absolute Gasteiger partial charge is 0.352 e. The van der Waals surface area contributed by atoms with Gasteiger partial charge in [-0.15, -0.1) is 22.0 Å². The van der Waals surface area contributed by atoms with Gasteiger partial charge < -0.3 is 5.32 Å². The Labute approximate surface area is 196 Å². The zero-order valence-corrected chi connectivity index (χ0v) is 19.7. The Balaban J connectivity index is 1.37. The summed E-state index contributed by atoms with van der Waals surface area (Å²) in [7, 11) is 0. The SMILES string of the molecule is O=C(CSCc1ccc(Cl)cc1)Nc1nnc(CCNC(=O)c2cccc(Br)c2)s1. The molecule has 0 saturated heterocycles. The lowest BCUT2D eigenvalue weighted by atomic mass is 10.2. The van der Waals surface area contributed by atoms with Crippen LogP contribution >= 0.6 is 50.6 Å². The molecule has 156 valence electrons. The van der Waals surface area contributed by atoms with Gasteiger partial charge in [0.25, 0.3) is 5.91 Å². The van der Waals surface area contributed by atoms with E-state index in [1.54, 1.807) is 12.1 Å². The van der Waals surface area contributed by atoms with Gasteiger partial charge in [0.2, 0.25) is 11.0 Å². The number of carbonyl (C=O) groups is 2. The van der Waals surface area contributed by atoms with Crippen molar-refractivity contribution in [3.8, 4) is 0 Å². The second kappa shape index (κ2) is 11.5. The lowest BCUT2D eigenvalue weighted by Crippen LogP contribution is -2.25. The van der Waals surface area contributed by atoms with Crippen LogP contribution in [0.5, 0.6) is 0 Å². The van der Waals surface area contributed by atoms with Gasteiger partial charge in [-0.1, -0.05) is 57.1 Å². The molecule has 30 heavy (non-hydrogen) atoms. The molecule has 0 spiro atoms. The molecule has 1 aromatic heterocycles. The molecule has 2 amide bonds. The maximum Gasteiger partial charge on any atom is 0.251 e. The Morgan fingerprint density at radius 3 is 2.70 bits per heavy atom. The number of hydrogen-bond acceptors (Lipinski definition) is 6. The molecule has 0 aliphatic heterocycles. The summed E-state index contributed by atoms with van der Waals surface area (Å²) in [4.78, 5) is 24.2. The van der Waals surface area contributed by atoms with Gasteiger partial charge in [0, 0.05) is 33.8 Å². The quantitative estimate of drug-likeness (QED) is 0.419. The average Bonchev–Trinajstić information content (AvgIpc) is 3.16. The molecule has 2 N–H and O–H groups in total. The molecule has 10 heteroatoms. The van der Waals surface area contributed by atoms with Gasteiger partial charge in [-0.2, -0.15) is 0 Å². The Morgan fingerprint density at radius 2 is 1.93 bits per heavy atom. The second-order valence-corrected chi connectivity index (χ2v) is 9.58. The van der Waals surface area contributed by atoms with Crippen molar-refractivity contribution < 1.29 is 9.59 Å². The summed E-state index contributed by atoms with van der Waals surface area (Å²) in [6.45, 7) is 0.435. The van der Waals surface area contributed by atoms with Crippen LogP contribution in [0.25, 0.3) is 0 Å². The summed E-state index contributed by atoms with van der Waals surface area (Å²) in [5, 5.41) is 15.6. The van der Waals surface area contributed by atoms with Gasteiger partial charge in [0.1, 0.15) is 5.01 Å². The van der Waals surface area contributed by atoms with Crippen LogP contribution in [0.3, 0.4) is 0 Å². The maximum atomic E-state index is 12.1. The number of aromatic nitrogens is 2. The van der Waals surface area contributed by atoms with E-state index in [0.29, 0.717) is 34.4 Å². The molecule has 3 aromatic rings. The molecule has 0 aliphatic carbocycles. The van der Waals surface area contributed by atoms with E-state index in [4.69, 9.17) is 11.6 Å². The first-order valence-electron chi connectivity index (χ1n) is 8.98. The topological polar surface area (TPSA) is 84.0 Å². The molecular formula is C20H18BrClN4O2S2. The lowest BCUT2D eigenvalue weighted by molar-refractivity contribution is -0.113. The fourth-order valence-electron chi connectivity index (χ4n) is 2.42. The van der Waals surface area contributed by atoms with Crippen molar-refractivity contribution in [1.82, 2.24) is 15.5 Å². The summed E-state index contributed by atoms with van der Waals surface area (Å²) in [6, 6.07) is 14.8. The van der Waals surface area contributed by atoms with E-state index in [2.05, 4.69) is 36.8 Å². The lowest BCUT2D eigenvalue weighted by Gasteiger charge is -2.04. The van der Waals surface area contributed by atoms with Gasteiger partial charge >= 0.3 is 0 Å². The summed E-state index contributed by atoms with van der Waals surface area (Å²) in [6.07, 6.45) is 0.540. The molecule has 2 aromatic carbocycles. The molecular weight excluding hydrogens is 508 g/mol. The Morgan fingerprint density at radius 1 is 1.13 bits per heavy atom. The number of anilines is 1. The van der Waals surface area contributed by atoms with Crippen LogP contribution in [-0.2, 0) is 17.0 Å². The van der Waals surface area contributed by atoms with Crippen LogP contribution in [0.2, 0.25) is 5.02 Å². The third kappa shape index (κ3) is 7.39. The smallest absolute Gasteiger partial charge is 0.251 e. The molecule has 3 rings (SSSR count). The fourth-order valence-corrected chi connectivity index (χ4v) is 4.49. The van der Waals surface area contributed by atoms with Crippen molar-refractivity contribution in [3.63, 3.8) is 0 Å². The molecule has 1 heterocycles. The zero-order chi connectivity index (χ0) is 21.3. The predicted molar refractivity (Wildman–Crippen MR) is 126 cm³/mol. The van der Waals surface area contributed by atoms with Crippen molar-refractivity contribution in [2.45, 2.75) is 12.2 Å². The number of rotatable bonds is 9. The highest BCUT2D eigenvalue weighted by Gasteiger charge is 2.10. The number of nitrogens with zero attached hydrogens (tertiary/aromatic N) is 2. The number of hydrogen-bond donors (Lipinski definition) is 2. The molecule has 0 aliphatic rings. The van der Waals surface area contributed by atoms with E-state index >= 15 is 0 Å². The Bertz CT molecular complexity index is 1010. The third-order valence-electron chi connectivity index (χ3n) is 3.84. The van der Waals surface area contributed by atoms with Crippen LogP contribution in [0, 0.1) is 0 Å². The molecule has 0 atom stereocenters. The minimum atomic E-state index is -0.146. The van der Waals surface area contributed by atoms with Gasteiger partial charge in [-0.05, 0) is 35.9 Å². The van der Waals surface area contributed by atoms with Crippen molar-refractivity contribution in [3.05, 3.63) is 74.2 Å². The van der Waals surface area contributed by atoms with Crippen LogP contribution in [0.1, 0.15) is 20.9 Å². The first kappa shape index (κ1) is 22.7. The number of thioether (sulfide) groups is 1. The number of carbonyl (C=O) groups excluding carboxylic acids is 2. The molecule has 0 saturated carbocycles. The van der Waals surface area contributed by atoms with Gasteiger partial charge in [0.05, 0.1) is 5.75 Å². The molecule has 0 fully saturated rings. The number of halogens is 2. The van der Waals surface area contributed by atoms with Gasteiger partial charge in [-0.25, -0.2) is 0 Å². The van der Waals surface area contributed by atoms with E-state index < -0.39 is 0 Å². The van der Waals surface area contributed by atoms with Crippen molar-refractivity contribution in [1.29, 1.82) is 0 Å². The molecule has 0 radical (unpaired) electrons. The van der Waals surface area contributed by atoms with Crippen LogP contribution in [0.15, 0.2) is 53.0 Å². The summed E-state index contributed by atoms with van der Waals surface area (Å²) < 4.78 is 0.853. The van der Waals surface area contributed by atoms with E-state index in [-0.39, 0.29) is 11.8 Å². The first-order chi connectivity index (χ1) is 14.5. The van der Waals surface area contributed by atoms with Crippen LogP contribution < -0.4 is 10.6 Å². The molecule has 0 bridgehead atoms. The van der Waals surface area contributed by atoms with Gasteiger partial charge in [-0.3, -0.25) is 14.9 Å². The second-order valence-electron chi connectivity index (χ2n) is 6.18. The first-order valence-corrected chi connectivity index (χ1v) is 12.1. The van der Waals surface area contributed by atoms with Crippen LogP contribution in [-0.4, -0.2) is 34.3 Å². The standard InChI is InChI=1S/C20H18BrClN4O2S2/c21-15-3-1-2-14(10-15)19(28)23-9-8-18-25-26-20(30-18)24-17(27)12-29-11-13-4-6-16(22)7-5-13/h1-7,10H,8-9,11-12H2,(H,23,28)(H,24,26,27). The monoisotopic (exact) mass is 524 g/mol. The molecule has 0 unspecified atom stereocenters. The number of nitrogens with one attached hydrogen (secondary N) is 2. The highest BCUT2D eigenvalue weighted by molar-refractivity contribution is 9.10. The minimum absolute atomic E-state index is 0.125. The number of benzene rings is 2. The summed E-state index contributed by atoms with van der Waals surface area (Å²) in [5.41, 5.74) is 1.70. The van der Waals surface area contributed by atoms with E-state index in [1.165, 1.54) is 23.1 Å². The predicted octanol–water partition coefficient (Wildman–Crippen LogP) is 4.80. The fraction of sp³-hybridized carbons (Fsp3) is 0.200. The Hall–Kier alpha value is -1.94. The number of amides is 2. The highest BCUT2D eigenvalue weighted by Crippen LogP contribution is 2.18. The normalized spacial score (nSPS) is 10.6.